The van der Waals surface area contributed by atoms with Gasteiger partial charge < -0.3 is 9.73 Å². The van der Waals surface area contributed by atoms with Gasteiger partial charge in [-0.05, 0) is 18.1 Å². The number of carbonyl (C=O) groups is 1. The van der Waals surface area contributed by atoms with Gasteiger partial charge in [-0.2, -0.15) is 0 Å². The maximum absolute atomic E-state index is 11.5. The smallest absolute Gasteiger partial charge is 0.234 e. The van der Waals surface area contributed by atoms with Crippen LogP contribution in [0, 0.1) is 5.92 Å². The zero-order valence-electron chi connectivity index (χ0n) is 8.29. The SMILES string of the molecule is CC(C)C(Br)C(=O)NCc1ccco1. The zero-order valence-corrected chi connectivity index (χ0v) is 9.87. The largest absolute Gasteiger partial charge is 0.467 e. The molecule has 0 aliphatic rings. The first-order valence-corrected chi connectivity index (χ1v) is 5.47. The summed E-state index contributed by atoms with van der Waals surface area (Å²) in [5, 5.41) is 2.79. The molecule has 0 fully saturated rings. The Morgan fingerprint density at radius 2 is 2.36 bits per heavy atom. The molecule has 4 heteroatoms. The molecule has 0 bridgehead atoms. The summed E-state index contributed by atoms with van der Waals surface area (Å²) in [6, 6.07) is 3.63. The van der Waals surface area contributed by atoms with Crippen LogP contribution >= 0.6 is 15.9 Å². The molecule has 0 radical (unpaired) electrons. The number of furan rings is 1. The van der Waals surface area contributed by atoms with E-state index in [1.54, 1.807) is 12.3 Å². The Morgan fingerprint density at radius 1 is 1.64 bits per heavy atom. The first kappa shape index (κ1) is 11.3. The summed E-state index contributed by atoms with van der Waals surface area (Å²) in [5.41, 5.74) is 0. The van der Waals surface area contributed by atoms with Gasteiger partial charge in [0.15, 0.2) is 0 Å². The number of halogens is 1. The lowest BCUT2D eigenvalue weighted by atomic mass is 10.1. The molecule has 0 aromatic carbocycles. The first-order chi connectivity index (χ1) is 6.61. The maximum Gasteiger partial charge on any atom is 0.234 e. The minimum atomic E-state index is -0.141. The second-order valence-electron chi connectivity index (χ2n) is 3.44. The molecule has 1 amide bonds. The molecule has 0 aliphatic carbocycles. The van der Waals surface area contributed by atoms with Gasteiger partial charge in [-0.3, -0.25) is 4.79 Å². The minimum Gasteiger partial charge on any atom is -0.467 e. The van der Waals surface area contributed by atoms with Crippen LogP contribution in [-0.4, -0.2) is 10.7 Å². The summed E-state index contributed by atoms with van der Waals surface area (Å²) in [5.74, 6) is 1.05. The van der Waals surface area contributed by atoms with E-state index in [-0.39, 0.29) is 16.7 Å². The Morgan fingerprint density at radius 3 is 2.86 bits per heavy atom. The molecule has 1 N–H and O–H groups in total. The molecule has 1 unspecified atom stereocenters. The first-order valence-electron chi connectivity index (χ1n) is 4.55. The van der Waals surface area contributed by atoms with Crippen molar-refractivity contribution in [2.45, 2.75) is 25.2 Å². The molecule has 78 valence electrons. The summed E-state index contributed by atoms with van der Waals surface area (Å²) in [4.78, 5) is 11.3. The fraction of sp³-hybridized carbons (Fsp3) is 0.500. The van der Waals surface area contributed by atoms with Gasteiger partial charge in [0.2, 0.25) is 5.91 Å². The molecule has 0 saturated carbocycles. The lowest BCUT2D eigenvalue weighted by Crippen LogP contribution is -2.33. The van der Waals surface area contributed by atoms with Crippen LogP contribution in [0.5, 0.6) is 0 Å². The van der Waals surface area contributed by atoms with Crippen LogP contribution in [0.15, 0.2) is 22.8 Å². The highest BCUT2D eigenvalue weighted by atomic mass is 79.9. The highest BCUT2D eigenvalue weighted by Crippen LogP contribution is 2.12. The maximum atomic E-state index is 11.5. The van der Waals surface area contributed by atoms with Crippen molar-refractivity contribution in [2.24, 2.45) is 5.92 Å². The summed E-state index contributed by atoms with van der Waals surface area (Å²) >= 11 is 3.33. The number of hydrogen-bond acceptors (Lipinski definition) is 2. The van der Waals surface area contributed by atoms with Crippen molar-refractivity contribution in [2.75, 3.05) is 0 Å². The topological polar surface area (TPSA) is 42.2 Å². The van der Waals surface area contributed by atoms with Crippen molar-refractivity contribution >= 4 is 21.8 Å². The lowest BCUT2D eigenvalue weighted by molar-refractivity contribution is -0.121. The van der Waals surface area contributed by atoms with Crippen LogP contribution in [0.4, 0.5) is 0 Å². The third-order valence-electron chi connectivity index (χ3n) is 1.85. The second-order valence-corrected chi connectivity index (χ2v) is 4.43. The van der Waals surface area contributed by atoms with E-state index in [0.717, 1.165) is 5.76 Å². The Balaban J connectivity index is 2.35. The van der Waals surface area contributed by atoms with Crippen molar-refractivity contribution in [1.82, 2.24) is 5.32 Å². The Kier molecular flexibility index (Phi) is 4.20. The van der Waals surface area contributed by atoms with Crippen molar-refractivity contribution in [3.8, 4) is 0 Å². The highest BCUT2D eigenvalue weighted by molar-refractivity contribution is 9.10. The summed E-state index contributed by atoms with van der Waals surface area (Å²) in [6.45, 7) is 4.43. The molecule has 1 aromatic rings. The predicted molar refractivity (Wildman–Crippen MR) is 58.1 cm³/mol. The van der Waals surface area contributed by atoms with Crippen LogP contribution in [-0.2, 0) is 11.3 Å². The Bertz CT molecular complexity index is 282. The van der Waals surface area contributed by atoms with E-state index < -0.39 is 0 Å². The van der Waals surface area contributed by atoms with Gasteiger partial charge in [-0.15, -0.1) is 0 Å². The fourth-order valence-corrected chi connectivity index (χ4v) is 1.15. The number of hydrogen-bond donors (Lipinski definition) is 1. The van der Waals surface area contributed by atoms with Crippen LogP contribution in [0.25, 0.3) is 0 Å². The molecule has 14 heavy (non-hydrogen) atoms. The molecule has 0 aliphatic heterocycles. The van der Waals surface area contributed by atoms with Gasteiger partial charge in [0, 0.05) is 0 Å². The molecule has 3 nitrogen and oxygen atoms in total. The monoisotopic (exact) mass is 259 g/mol. The van der Waals surface area contributed by atoms with E-state index in [4.69, 9.17) is 4.42 Å². The molecular weight excluding hydrogens is 246 g/mol. The van der Waals surface area contributed by atoms with Crippen LogP contribution in [0.1, 0.15) is 19.6 Å². The Hall–Kier alpha value is -0.770. The molecular formula is C10H14BrNO2. The summed E-state index contributed by atoms with van der Waals surface area (Å²) in [6.07, 6.45) is 1.59. The van der Waals surface area contributed by atoms with Gasteiger partial charge in [0.1, 0.15) is 5.76 Å². The van der Waals surface area contributed by atoms with Crippen LogP contribution < -0.4 is 5.32 Å². The predicted octanol–water partition coefficient (Wildman–Crippen LogP) is 2.32. The van der Waals surface area contributed by atoms with E-state index in [1.807, 2.05) is 19.9 Å². The third-order valence-corrected chi connectivity index (χ3v) is 3.33. The average Bonchev–Trinajstić information content (AvgIpc) is 2.65. The fourth-order valence-electron chi connectivity index (χ4n) is 0.988. The summed E-state index contributed by atoms with van der Waals surface area (Å²) in [7, 11) is 0. The number of rotatable bonds is 4. The Labute approximate surface area is 92.0 Å². The second kappa shape index (κ2) is 5.20. The molecule has 0 saturated heterocycles. The lowest BCUT2D eigenvalue weighted by Gasteiger charge is -2.12. The normalized spacial score (nSPS) is 12.9. The van der Waals surface area contributed by atoms with Crippen LogP contribution in [0.3, 0.4) is 0 Å². The summed E-state index contributed by atoms with van der Waals surface area (Å²) < 4.78 is 5.09. The third kappa shape index (κ3) is 3.18. The van der Waals surface area contributed by atoms with Crippen LogP contribution in [0.2, 0.25) is 0 Å². The van der Waals surface area contributed by atoms with E-state index in [2.05, 4.69) is 21.2 Å². The van der Waals surface area contributed by atoms with Gasteiger partial charge >= 0.3 is 0 Å². The van der Waals surface area contributed by atoms with Crippen molar-refractivity contribution in [3.63, 3.8) is 0 Å². The van der Waals surface area contributed by atoms with Crippen molar-refractivity contribution < 1.29 is 9.21 Å². The zero-order chi connectivity index (χ0) is 10.6. The van der Waals surface area contributed by atoms with E-state index in [0.29, 0.717) is 6.54 Å². The van der Waals surface area contributed by atoms with Gasteiger partial charge in [0.25, 0.3) is 0 Å². The molecule has 1 heterocycles. The van der Waals surface area contributed by atoms with E-state index in [9.17, 15) is 4.79 Å². The molecule has 1 rings (SSSR count). The number of carbonyl (C=O) groups excluding carboxylic acids is 1. The van der Waals surface area contributed by atoms with Crippen molar-refractivity contribution in [3.05, 3.63) is 24.2 Å². The highest BCUT2D eigenvalue weighted by Gasteiger charge is 2.17. The minimum absolute atomic E-state index is 0.00333. The van der Waals surface area contributed by atoms with Gasteiger partial charge in [0.05, 0.1) is 17.6 Å². The number of amides is 1. The van der Waals surface area contributed by atoms with Gasteiger partial charge in [-0.1, -0.05) is 29.8 Å². The number of alkyl halides is 1. The average molecular weight is 260 g/mol. The standard InChI is InChI=1S/C10H14BrNO2/c1-7(2)9(11)10(13)12-6-8-4-3-5-14-8/h3-5,7,9H,6H2,1-2H3,(H,12,13). The van der Waals surface area contributed by atoms with E-state index in [1.165, 1.54) is 0 Å². The molecule has 1 atom stereocenters. The molecule has 1 aromatic heterocycles. The quantitative estimate of drug-likeness (QED) is 0.844. The van der Waals surface area contributed by atoms with E-state index >= 15 is 0 Å². The number of nitrogens with one attached hydrogen (secondary N) is 1. The van der Waals surface area contributed by atoms with Crippen molar-refractivity contribution in [1.29, 1.82) is 0 Å². The molecule has 0 spiro atoms. The van der Waals surface area contributed by atoms with Gasteiger partial charge in [-0.25, -0.2) is 0 Å².